The van der Waals surface area contributed by atoms with E-state index >= 15 is 0 Å². The maximum atomic E-state index is 6.21. The van der Waals surface area contributed by atoms with E-state index in [0.717, 1.165) is 30.0 Å². The molecular formula is C23H31BO3S. The first-order chi connectivity index (χ1) is 13.2. The highest BCUT2D eigenvalue weighted by Gasteiger charge is 2.51. The highest BCUT2D eigenvalue weighted by Crippen LogP contribution is 2.36. The van der Waals surface area contributed by atoms with E-state index in [4.69, 9.17) is 14.0 Å². The van der Waals surface area contributed by atoms with Gasteiger partial charge in [0.15, 0.2) is 0 Å². The molecule has 150 valence electrons. The van der Waals surface area contributed by atoms with Gasteiger partial charge >= 0.3 is 7.12 Å². The molecule has 1 fully saturated rings. The summed E-state index contributed by atoms with van der Waals surface area (Å²) in [5.74, 6) is 2.06. The van der Waals surface area contributed by atoms with Crippen LogP contribution in [0.1, 0.15) is 39.7 Å². The second kappa shape index (κ2) is 8.52. The molecule has 0 amide bonds. The largest absolute Gasteiger partial charge is 0.494 e. The minimum Gasteiger partial charge on any atom is -0.494 e. The maximum Gasteiger partial charge on any atom is 0.494 e. The second-order valence-corrected chi connectivity index (χ2v) is 9.37. The third kappa shape index (κ3) is 4.59. The van der Waals surface area contributed by atoms with Gasteiger partial charge < -0.3 is 14.0 Å². The molecule has 5 heteroatoms. The molecule has 28 heavy (non-hydrogen) atoms. The van der Waals surface area contributed by atoms with Crippen LogP contribution < -0.4 is 10.2 Å². The molecule has 1 aliphatic heterocycles. The third-order valence-corrected chi connectivity index (χ3v) is 6.38. The SMILES string of the molecule is CSCCCOc1ccc(-c2cccc(B3OC(C)(C)C(C)(C)O3)c2)c(C)c1. The van der Waals surface area contributed by atoms with Crippen LogP contribution >= 0.6 is 11.8 Å². The number of ether oxygens (including phenoxy) is 1. The van der Waals surface area contributed by atoms with Crippen LogP contribution in [0.3, 0.4) is 0 Å². The average molecular weight is 398 g/mol. The van der Waals surface area contributed by atoms with Crippen molar-refractivity contribution < 1.29 is 14.0 Å². The van der Waals surface area contributed by atoms with Crippen LogP contribution in [-0.2, 0) is 9.31 Å². The lowest BCUT2D eigenvalue weighted by molar-refractivity contribution is 0.00578. The van der Waals surface area contributed by atoms with Crippen LogP contribution in [0.4, 0.5) is 0 Å². The van der Waals surface area contributed by atoms with Crippen molar-refractivity contribution >= 4 is 24.3 Å². The summed E-state index contributed by atoms with van der Waals surface area (Å²) in [6, 6.07) is 14.8. The van der Waals surface area contributed by atoms with Crippen molar-refractivity contribution in [2.75, 3.05) is 18.6 Å². The van der Waals surface area contributed by atoms with E-state index in [0.29, 0.717) is 0 Å². The van der Waals surface area contributed by atoms with Gasteiger partial charge in [-0.2, -0.15) is 11.8 Å². The van der Waals surface area contributed by atoms with Crippen molar-refractivity contribution in [3.05, 3.63) is 48.0 Å². The van der Waals surface area contributed by atoms with E-state index in [1.165, 1.54) is 16.7 Å². The first-order valence-electron chi connectivity index (χ1n) is 9.92. The summed E-state index contributed by atoms with van der Waals surface area (Å²) in [6.45, 7) is 11.2. The van der Waals surface area contributed by atoms with Gasteiger partial charge in [-0.1, -0.05) is 30.3 Å². The van der Waals surface area contributed by atoms with Crippen LogP contribution in [0, 0.1) is 6.92 Å². The molecule has 0 bridgehead atoms. The van der Waals surface area contributed by atoms with E-state index in [-0.39, 0.29) is 18.3 Å². The number of rotatable bonds is 7. The lowest BCUT2D eigenvalue weighted by atomic mass is 9.78. The smallest absolute Gasteiger partial charge is 0.494 e. The molecule has 2 aromatic rings. The summed E-state index contributed by atoms with van der Waals surface area (Å²) in [5, 5.41) is 0. The van der Waals surface area contributed by atoms with Crippen LogP contribution in [0.15, 0.2) is 42.5 Å². The predicted octanol–water partition coefficient (Wildman–Crippen LogP) is 5.09. The Kier molecular flexibility index (Phi) is 6.48. The standard InChI is InChI=1S/C23H31BO3S/c1-17-15-20(25-13-8-14-28-6)11-12-21(17)18-9-7-10-19(16-18)24-26-22(2,3)23(4,5)27-24/h7,9-12,15-16H,8,13-14H2,1-6H3. The van der Waals surface area contributed by atoms with Crippen LogP contribution in [0.5, 0.6) is 5.75 Å². The summed E-state index contributed by atoms with van der Waals surface area (Å²) in [7, 11) is -0.343. The number of benzene rings is 2. The highest BCUT2D eigenvalue weighted by atomic mass is 32.2. The maximum absolute atomic E-state index is 6.21. The van der Waals surface area contributed by atoms with Gasteiger partial charge in [0.05, 0.1) is 17.8 Å². The summed E-state index contributed by atoms with van der Waals surface area (Å²) < 4.78 is 18.3. The first-order valence-corrected chi connectivity index (χ1v) is 11.3. The van der Waals surface area contributed by atoms with Gasteiger partial charge in [0.25, 0.3) is 0 Å². The van der Waals surface area contributed by atoms with Crippen molar-refractivity contribution in [2.45, 2.75) is 52.2 Å². The monoisotopic (exact) mass is 398 g/mol. The van der Waals surface area contributed by atoms with Gasteiger partial charge in [-0.05, 0) is 87.3 Å². The summed E-state index contributed by atoms with van der Waals surface area (Å²) in [6.07, 6.45) is 3.19. The minimum absolute atomic E-state index is 0.334. The van der Waals surface area contributed by atoms with E-state index in [1.54, 1.807) is 0 Å². The van der Waals surface area contributed by atoms with Crippen molar-refractivity contribution in [1.29, 1.82) is 0 Å². The quantitative estimate of drug-likeness (QED) is 0.480. The molecule has 0 aromatic heterocycles. The van der Waals surface area contributed by atoms with Gasteiger partial charge in [0.1, 0.15) is 5.75 Å². The molecule has 0 atom stereocenters. The molecule has 1 aliphatic rings. The molecule has 0 spiro atoms. The third-order valence-electron chi connectivity index (χ3n) is 5.68. The van der Waals surface area contributed by atoms with Crippen molar-refractivity contribution in [1.82, 2.24) is 0 Å². The van der Waals surface area contributed by atoms with Gasteiger partial charge in [-0.3, -0.25) is 0 Å². The average Bonchev–Trinajstić information content (AvgIpc) is 2.87. The zero-order valence-corrected chi connectivity index (χ0v) is 18.7. The number of aryl methyl sites for hydroxylation is 1. The molecule has 0 N–H and O–H groups in total. The first kappa shape index (κ1) is 21.3. The molecule has 0 saturated carbocycles. The Morgan fingerprint density at radius 3 is 2.36 bits per heavy atom. The molecule has 3 rings (SSSR count). The van der Waals surface area contributed by atoms with Gasteiger partial charge in [0, 0.05) is 0 Å². The van der Waals surface area contributed by atoms with Gasteiger partial charge in [-0.25, -0.2) is 0 Å². The summed E-state index contributed by atoms with van der Waals surface area (Å²) >= 11 is 1.85. The number of hydrogen-bond acceptors (Lipinski definition) is 4. The van der Waals surface area contributed by atoms with E-state index in [2.05, 4.69) is 83.3 Å². The van der Waals surface area contributed by atoms with Crippen LogP contribution in [0.2, 0.25) is 0 Å². The molecule has 3 nitrogen and oxygen atoms in total. The fourth-order valence-corrected chi connectivity index (χ4v) is 3.68. The van der Waals surface area contributed by atoms with Crippen LogP contribution in [0.25, 0.3) is 11.1 Å². The molecular weight excluding hydrogens is 367 g/mol. The molecule has 0 radical (unpaired) electrons. The second-order valence-electron chi connectivity index (χ2n) is 8.39. The molecule has 0 aliphatic carbocycles. The fourth-order valence-electron chi connectivity index (χ4n) is 3.28. The number of hydrogen-bond donors (Lipinski definition) is 0. The van der Waals surface area contributed by atoms with E-state index < -0.39 is 0 Å². The van der Waals surface area contributed by atoms with E-state index in [9.17, 15) is 0 Å². The highest BCUT2D eigenvalue weighted by molar-refractivity contribution is 7.98. The van der Waals surface area contributed by atoms with Crippen molar-refractivity contribution in [3.63, 3.8) is 0 Å². The zero-order chi connectivity index (χ0) is 20.4. The lowest BCUT2D eigenvalue weighted by Gasteiger charge is -2.32. The Morgan fingerprint density at radius 1 is 1.00 bits per heavy atom. The number of thioether (sulfide) groups is 1. The molecule has 2 aromatic carbocycles. The predicted molar refractivity (Wildman–Crippen MR) is 121 cm³/mol. The molecule has 1 saturated heterocycles. The van der Waals surface area contributed by atoms with Gasteiger partial charge in [0.2, 0.25) is 0 Å². The van der Waals surface area contributed by atoms with E-state index in [1.807, 2.05) is 11.8 Å². The Balaban J connectivity index is 1.77. The molecule has 1 heterocycles. The normalized spacial score (nSPS) is 17.7. The van der Waals surface area contributed by atoms with Crippen molar-refractivity contribution in [2.24, 2.45) is 0 Å². The lowest BCUT2D eigenvalue weighted by Crippen LogP contribution is -2.41. The zero-order valence-electron chi connectivity index (χ0n) is 17.9. The Bertz CT molecular complexity index is 803. The van der Waals surface area contributed by atoms with Crippen molar-refractivity contribution in [3.8, 4) is 16.9 Å². The fraction of sp³-hybridized carbons (Fsp3) is 0.478. The Labute approximate surface area is 174 Å². The Morgan fingerprint density at radius 2 is 1.71 bits per heavy atom. The molecule has 0 unspecified atom stereocenters. The topological polar surface area (TPSA) is 27.7 Å². The minimum atomic E-state index is -0.343. The summed E-state index contributed by atoms with van der Waals surface area (Å²) in [4.78, 5) is 0. The Hall–Kier alpha value is -1.43. The summed E-state index contributed by atoms with van der Waals surface area (Å²) in [5.41, 5.74) is 3.95. The van der Waals surface area contributed by atoms with Crippen LogP contribution in [-0.4, -0.2) is 36.9 Å². The van der Waals surface area contributed by atoms with Gasteiger partial charge in [-0.15, -0.1) is 0 Å².